The van der Waals surface area contributed by atoms with Gasteiger partial charge in [-0.25, -0.2) is 4.98 Å². The molecule has 1 aromatic heterocycles. The SMILES string of the molecule is Cc1ccc2nc(-c3cccc(C)c3OS(=O)(=O)c3ccc(Cl)cc3Cl)oc2c1. The van der Waals surface area contributed by atoms with Gasteiger partial charge in [-0.3, -0.25) is 0 Å². The molecular weight excluding hydrogens is 433 g/mol. The second kappa shape index (κ2) is 7.37. The monoisotopic (exact) mass is 447 g/mol. The highest BCUT2D eigenvalue weighted by molar-refractivity contribution is 7.87. The largest absolute Gasteiger partial charge is 0.436 e. The maximum atomic E-state index is 12.9. The fourth-order valence-electron chi connectivity index (χ4n) is 2.91. The minimum Gasteiger partial charge on any atom is -0.436 e. The number of fused-ring (bicyclic) bond motifs is 1. The first kappa shape index (κ1) is 19.8. The zero-order chi connectivity index (χ0) is 20.8. The fraction of sp³-hybridized carbons (Fsp3) is 0.0952. The van der Waals surface area contributed by atoms with Crippen molar-refractivity contribution in [1.29, 1.82) is 0 Å². The smallest absolute Gasteiger partial charge is 0.340 e. The molecule has 0 aliphatic heterocycles. The average molecular weight is 448 g/mol. The summed E-state index contributed by atoms with van der Waals surface area (Å²) < 4.78 is 37.1. The van der Waals surface area contributed by atoms with Gasteiger partial charge < -0.3 is 8.60 Å². The summed E-state index contributed by atoms with van der Waals surface area (Å²) in [6, 6.07) is 14.9. The van der Waals surface area contributed by atoms with Gasteiger partial charge in [-0.1, -0.05) is 41.4 Å². The van der Waals surface area contributed by atoms with Crippen molar-refractivity contribution in [1.82, 2.24) is 4.98 Å². The molecule has 148 valence electrons. The van der Waals surface area contributed by atoms with Crippen LogP contribution in [0.1, 0.15) is 11.1 Å². The van der Waals surface area contributed by atoms with Gasteiger partial charge in [0.2, 0.25) is 5.89 Å². The summed E-state index contributed by atoms with van der Waals surface area (Å²) in [6.07, 6.45) is 0. The van der Waals surface area contributed by atoms with Crippen molar-refractivity contribution >= 4 is 44.4 Å². The van der Waals surface area contributed by atoms with Gasteiger partial charge in [0.25, 0.3) is 0 Å². The van der Waals surface area contributed by atoms with Crippen molar-refractivity contribution < 1.29 is 17.0 Å². The molecule has 4 aromatic rings. The zero-order valence-corrected chi connectivity index (χ0v) is 17.8. The van der Waals surface area contributed by atoms with E-state index in [9.17, 15) is 8.42 Å². The second-order valence-corrected chi connectivity index (χ2v) is 8.91. The Hall–Kier alpha value is -2.54. The summed E-state index contributed by atoms with van der Waals surface area (Å²) in [7, 11) is -4.21. The van der Waals surface area contributed by atoms with Crippen molar-refractivity contribution in [2.45, 2.75) is 18.7 Å². The summed E-state index contributed by atoms with van der Waals surface area (Å²) in [5.74, 6) is 0.392. The minimum atomic E-state index is -4.21. The van der Waals surface area contributed by atoms with E-state index in [1.54, 1.807) is 25.1 Å². The van der Waals surface area contributed by atoms with E-state index in [1.807, 2.05) is 25.1 Å². The van der Waals surface area contributed by atoms with Crippen molar-refractivity contribution in [3.8, 4) is 17.2 Å². The molecule has 5 nitrogen and oxygen atoms in total. The first-order chi connectivity index (χ1) is 13.7. The Morgan fingerprint density at radius 3 is 2.55 bits per heavy atom. The van der Waals surface area contributed by atoms with Crippen LogP contribution in [0.2, 0.25) is 10.0 Å². The molecule has 0 spiro atoms. The molecule has 0 bridgehead atoms. The lowest BCUT2D eigenvalue weighted by atomic mass is 10.1. The molecule has 0 fully saturated rings. The molecule has 0 aliphatic rings. The number of rotatable bonds is 4. The van der Waals surface area contributed by atoms with Gasteiger partial charge >= 0.3 is 10.1 Å². The number of oxazole rings is 1. The summed E-state index contributed by atoms with van der Waals surface area (Å²) in [4.78, 5) is 4.30. The average Bonchev–Trinajstić information content (AvgIpc) is 3.05. The molecule has 0 aliphatic carbocycles. The fourth-order valence-corrected chi connectivity index (χ4v) is 4.67. The van der Waals surface area contributed by atoms with E-state index < -0.39 is 10.1 Å². The van der Waals surface area contributed by atoms with Gasteiger partial charge in [0.15, 0.2) is 11.3 Å². The number of benzene rings is 3. The Labute approximate surface area is 178 Å². The third-order valence-corrected chi connectivity index (χ3v) is 6.28. The summed E-state index contributed by atoms with van der Waals surface area (Å²) in [5.41, 5.74) is 3.33. The van der Waals surface area contributed by atoms with Gasteiger partial charge in [-0.2, -0.15) is 8.42 Å². The normalized spacial score (nSPS) is 11.7. The van der Waals surface area contributed by atoms with Crippen LogP contribution in [-0.4, -0.2) is 13.4 Å². The number of nitrogens with zero attached hydrogens (tertiary/aromatic N) is 1. The first-order valence-electron chi connectivity index (χ1n) is 8.61. The number of aromatic nitrogens is 1. The number of aryl methyl sites for hydroxylation is 2. The molecule has 0 saturated carbocycles. The van der Waals surface area contributed by atoms with Crippen LogP contribution >= 0.6 is 23.2 Å². The Balaban J connectivity index is 1.82. The third-order valence-electron chi connectivity index (χ3n) is 4.34. The molecule has 0 unspecified atom stereocenters. The van der Waals surface area contributed by atoms with Crippen LogP contribution in [0.3, 0.4) is 0 Å². The van der Waals surface area contributed by atoms with Crippen LogP contribution in [0.4, 0.5) is 0 Å². The van der Waals surface area contributed by atoms with Crippen LogP contribution in [0.5, 0.6) is 5.75 Å². The standard InChI is InChI=1S/C21H15Cl2NO4S/c1-12-6-8-17-18(10-12)27-21(24-17)15-5-3-4-13(2)20(15)28-29(25,26)19-9-7-14(22)11-16(19)23/h3-11H,1-2H3. The molecular formula is C21H15Cl2NO4S. The van der Waals surface area contributed by atoms with E-state index in [0.29, 0.717) is 27.2 Å². The van der Waals surface area contributed by atoms with Crippen LogP contribution in [-0.2, 0) is 10.1 Å². The maximum Gasteiger partial charge on any atom is 0.340 e. The maximum absolute atomic E-state index is 12.9. The highest BCUT2D eigenvalue weighted by Crippen LogP contribution is 2.37. The predicted molar refractivity (Wildman–Crippen MR) is 113 cm³/mol. The number of hydrogen-bond acceptors (Lipinski definition) is 5. The molecule has 0 saturated heterocycles. The number of hydrogen-bond donors (Lipinski definition) is 0. The van der Waals surface area contributed by atoms with Gasteiger partial charge in [0.1, 0.15) is 10.4 Å². The van der Waals surface area contributed by atoms with Gasteiger partial charge in [0.05, 0.1) is 10.6 Å². The molecule has 0 atom stereocenters. The van der Waals surface area contributed by atoms with Crippen LogP contribution in [0.25, 0.3) is 22.6 Å². The van der Waals surface area contributed by atoms with E-state index in [4.69, 9.17) is 31.8 Å². The lowest BCUT2D eigenvalue weighted by molar-refractivity contribution is 0.483. The summed E-state index contributed by atoms with van der Waals surface area (Å²) in [6.45, 7) is 3.69. The molecule has 0 radical (unpaired) electrons. The topological polar surface area (TPSA) is 69.4 Å². The van der Waals surface area contributed by atoms with Gasteiger partial charge in [-0.15, -0.1) is 0 Å². The van der Waals surface area contributed by atoms with E-state index in [0.717, 1.165) is 5.56 Å². The first-order valence-corrected chi connectivity index (χ1v) is 10.8. The number of para-hydroxylation sites is 1. The molecule has 4 rings (SSSR count). The highest BCUT2D eigenvalue weighted by atomic mass is 35.5. The van der Waals surface area contributed by atoms with E-state index in [1.165, 1.54) is 18.2 Å². The Morgan fingerprint density at radius 2 is 1.79 bits per heavy atom. The Bertz CT molecular complexity index is 1350. The highest BCUT2D eigenvalue weighted by Gasteiger charge is 2.25. The molecule has 3 aromatic carbocycles. The second-order valence-electron chi connectivity index (χ2n) is 6.55. The molecule has 8 heteroatoms. The van der Waals surface area contributed by atoms with E-state index in [-0.39, 0.29) is 21.6 Å². The molecule has 1 heterocycles. The third kappa shape index (κ3) is 3.83. The van der Waals surface area contributed by atoms with Crippen molar-refractivity contribution in [3.63, 3.8) is 0 Å². The van der Waals surface area contributed by atoms with E-state index in [2.05, 4.69) is 4.98 Å². The summed E-state index contributed by atoms with van der Waals surface area (Å²) in [5, 5.41) is 0.303. The van der Waals surface area contributed by atoms with Crippen LogP contribution in [0.15, 0.2) is 63.9 Å². The van der Waals surface area contributed by atoms with Gasteiger partial charge in [0, 0.05) is 5.02 Å². The van der Waals surface area contributed by atoms with Gasteiger partial charge in [-0.05, 0) is 61.4 Å². The van der Waals surface area contributed by atoms with Crippen molar-refractivity contribution in [2.24, 2.45) is 0 Å². The predicted octanol–water partition coefficient (Wildman–Crippen LogP) is 6.19. The van der Waals surface area contributed by atoms with Crippen molar-refractivity contribution in [3.05, 3.63) is 75.8 Å². The minimum absolute atomic E-state index is 0.0232. The van der Waals surface area contributed by atoms with Crippen LogP contribution in [0, 0.1) is 13.8 Å². The molecule has 29 heavy (non-hydrogen) atoms. The molecule has 0 amide bonds. The zero-order valence-electron chi connectivity index (χ0n) is 15.4. The number of halogens is 2. The van der Waals surface area contributed by atoms with Crippen LogP contribution < -0.4 is 4.18 Å². The Kier molecular flexibility index (Phi) is 5.02. The van der Waals surface area contributed by atoms with Crippen molar-refractivity contribution in [2.75, 3.05) is 0 Å². The van der Waals surface area contributed by atoms with E-state index >= 15 is 0 Å². The lowest BCUT2D eigenvalue weighted by Gasteiger charge is -2.13. The molecule has 0 N–H and O–H groups in total. The Morgan fingerprint density at radius 1 is 1.00 bits per heavy atom. The summed E-state index contributed by atoms with van der Waals surface area (Å²) >= 11 is 11.9. The lowest BCUT2D eigenvalue weighted by Crippen LogP contribution is -2.12. The quantitative estimate of drug-likeness (QED) is 0.349.